The number of amides is 1. The lowest BCUT2D eigenvalue weighted by atomic mass is 10.2. The molecule has 0 saturated carbocycles. The Morgan fingerprint density at radius 2 is 2.42 bits per heavy atom. The fourth-order valence-corrected chi connectivity index (χ4v) is 1.08. The second-order valence-corrected chi connectivity index (χ2v) is 2.59. The van der Waals surface area contributed by atoms with Crippen molar-refractivity contribution in [3.63, 3.8) is 0 Å². The predicted molar refractivity (Wildman–Crippen MR) is 50.5 cm³/mol. The highest BCUT2D eigenvalue weighted by Gasteiger charge is 2.13. The summed E-state index contributed by atoms with van der Waals surface area (Å²) in [5.41, 5.74) is 0. The normalized spacial score (nSPS) is 11.4. The number of nitrogens with zero attached hydrogens (tertiary/aromatic N) is 1. The summed E-state index contributed by atoms with van der Waals surface area (Å²) in [7, 11) is 0. The van der Waals surface area contributed by atoms with Crippen LogP contribution >= 0.6 is 0 Å². The van der Waals surface area contributed by atoms with Gasteiger partial charge in [-0.25, -0.2) is 0 Å². The third-order valence-corrected chi connectivity index (χ3v) is 1.74. The zero-order chi connectivity index (χ0) is 9.56. The Hall–Kier alpha value is -1.23. The van der Waals surface area contributed by atoms with E-state index in [9.17, 15) is 4.79 Å². The van der Waals surface area contributed by atoms with Gasteiger partial charge in [0.25, 0.3) is 0 Å². The van der Waals surface area contributed by atoms with Gasteiger partial charge in [-0.15, -0.1) is 12.3 Å². The van der Waals surface area contributed by atoms with Crippen LogP contribution in [0.15, 0.2) is 12.7 Å². The van der Waals surface area contributed by atoms with Crippen LogP contribution in [0.25, 0.3) is 0 Å². The van der Waals surface area contributed by atoms with E-state index in [1.807, 2.05) is 13.8 Å². The highest BCUT2D eigenvalue weighted by Crippen LogP contribution is 2.03. The van der Waals surface area contributed by atoms with E-state index in [1.165, 1.54) is 6.08 Å². The first-order valence-corrected chi connectivity index (χ1v) is 4.03. The molecule has 0 unspecified atom stereocenters. The third kappa shape index (κ3) is 2.79. The molecular formula is C10H15NO. The number of likely N-dealkylation sites (N-methyl/N-ethyl adjacent to an activating group) is 1. The van der Waals surface area contributed by atoms with Crippen LogP contribution in [0.1, 0.15) is 20.3 Å². The molecule has 12 heavy (non-hydrogen) atoms. The number of rotatable bonds is 4. The van der Waals surface area contributed by atoms with E-state index in [0.29, 0.717) is 13.0 Å². The second-order valence-electron chi connectivity index (χ2n) is 2.59. The summed E-state index contributed by atoms with van der Waals surface area (Å²) in [6.45, 7) is 7.96. The van der Waals surface area contributed by atoms with Gasteiger partial charge in [0.1, 0.15) is 0 Å². The van der Waals surface area contributed by atoms with E-state index in [2.05, 4.69) is 12.5 Å². The first-order valence-electron chi connectivity index (χ1n) is 4.03. The summed E-state index contributed by atoms with van der Waals surface area (Å²) in [4.78, 5) is 12.9. The molecule has 0 aromatic rings. The molecular weight excluding hydrogens is 150 g/mol. The van der Waals surface area contributed by atoms with Gasteiger partial charge in [0.15, 0.2) is 0 Å². The predicted octanol–water partition coefficient (Wildman–Crippen LogP) is 1.43. The summed E-state index contributed by atoms with van der Waals surface area (Å²) in [6.07, 6.45) is 7.06. The number of hydrogen-bond donors (Lipinski definition) is 0. The van der Waals surface area contributed by atoms with Gasteiger partial charge in [0.2, 0.25) is 5.91 Å². The van der Waals surface area contributed by atoms with Crippen molar-refractivity contribution >= 4 is 5.91 Å². The highest BCUT2D eigenvalue weighted by molar-refractivity contribution is 5.87. The van der Waals surface area contributed by atoms with Crippen molar-refractivity contribution in [2.24, 2.45) is 0 Å². The van der Waals surface area contributed by atoms with Crippen LogP contribution in [0.3, 0.4) is 0 Å². The highest BCUT2D eigenvalue weighted by atomic mass is 16.2. The summed E-state index contributed by atoms with van der Waals surface area (Å²) in [5.74, 6) is 2.48. The standard InChI is InChI=1S/C10H15NO/c1-5-8-9(4)11(7-3)10(12)6-2/h1,6,9H,2,7-8H2,3-4H3/t9-/m1/s1. The Morgan fingerprint density at radius 3 is 2.75 bits per heavy atom. The van der Waals surface area contributed by atoms with Crippen molar-refractivity contribution in [1.29, 1.82) is 0 Å². The fourth-order valence-electron chi connectivity index (χ4n) is 1.08. The van der Waals surface area contributed by atoms with E-state index in [1.54, 1.807) is 4.90 Å². The molecule has 0 spiro atoms. The maximum Gasteiger partial charge on any atom is 0.246 e. The Morgan fingerprint density at radius 1 is 1.83 bits per heavy atom. The van der Waals surface area contributed by atoms with Crippen molar-refractivity contribution in [2.45, 2.75) is 26.3 Å². The van der Waals surface area contributed by atoms with Gasteiger partial charge in [-0.2, -0.15) is 0 Å². The average Bonchev–Trinajstić information content (AvgIpc) is 2.06. The van der Waals surface area contributed by atoms with E-state index in [0.717, 1.165) is 0 Å². The molecule has 2 heteroatoms. The Balaban J connectivity index is 4.24. The van der Waals surface area contributed by atoms with Crippen molar-refractivity contribution in [2.75, 3.05) is 6.54 Å². The number of carbonyl (C=O) groups is 1. The molecule has 0 bridgehead atoms. The third-order valence-electron chi connectivity index (χ3n) is 1.74. The van der Waals surface area contributed by atoms with Gasteiger partial charge in [-0.3, -0.25) is 4.79 Å². The van der Waals surface area contributed by atoms with Gasteiger partial charge in [0, 0.05) is 19.0 Å². The minimum atomic E-state index is -0.0553. The molecule has 0 aromatic carbocycles. The molecule has 1 atom stereocenters. The van der Waals surface area contributed by atoms with Crippen molar-refractivity contribution in [1.82, 2.24) is 4.90 Å². The maximum atomic E-state index is 11.2. The lowest BCUT2D eigenvalue weighted by Gasteiger charge is -2.25. The Bertz CT molecular complexity index is 202. The number of hydrogen-bond acceptors (Lipinski definition) is 1. The smallest absolute Gasteiger partial charge is 0.246 e. The first kappa shape index (κ1) is 10.8. The van der Waals surface area contributed by atoms with E-state index >= 15 is 0 Å². The van der Waals surface area contributed by atoms with Crippen LogP contribution in [0.5, 0.6) is 0 Å². The van der Waals surface area contributed by atoms with Gasteiger partial charge in [0.05, 0.1) is 0 Å². The van der Waals surface area contributed by atoms with E-state index in [-0.39, 0.29) is 11.9 Å². The summed E-state index contributed by atoms with van der Waals surface area (Å²) < 4.78 is 0. The molecule has 1 amide bonds. The maximum absolute atomic E-state index is 11.2. The SMILES string of the molecule is C#CC[C@@H](C)N(CC)C(=O)C=C. The summed E-state index contributed by atoms with van der Waals surface area (Å²) in [5, 5.41) is 0. The van der Waals surface area contributed by atoms with Gasteiger partial charge in [-0.05, 0) is 19.9 Å². The van der Waals surface area contributed by atoms with Crippen LogP contribution in [-0.2, 0) is 4.79 Å². The fraction of sp³-hybridized carbons (Fsp3) is 0.500. The van der Waals surface area contributed by atoms with Crippen LogP contribution in [0, 0.1) is 12.3 Å². The summed E-state index contributed by atoms with van der Waals surface area (Å²) in [6, 6.07) is 0.102. The minimum absolute atomic E-state index is 0.0553. The van der Waals surface area contributed by atoms with Gasteiger partial charge in [-0.1, -0.05) is 6.58 Å². The van der Waals surface area contributed by atoms with Crippen molar-refractivity contribution < 1.29 is 4.79 Å². The molecule has 0 N–H and O–H groups in total. The van der Waals surface area contributed by atoms with Crippen LogP contribution in [0.4, 0.5) is 0 Å². The second kappa shape index (κ2) is 5.42. The first-order chi connectivity index (χ1) is 5.67. The van der Waals surface area contributed by atoms with Crippen LogP contribution in [-0.4, -0.2) is 23.4 Å². The summed E-state index contributed by atoms with van der Waals surface area (Å²) >= 11 is 0. The minimum Gasteiger partial charge on any atom is -0.336 e. The lowest BCUT2D eigenvalue weighted by Crippen LogP contribution is -2.37. The molecule has 66 valence electrons. The van der Waals surface area contributed by atoms with Crippen LogP contribution < -0.4 is 0 Å². The molecule has 0 radical (unpaired) electrons. The van der Waals surface area contributed by atoms with Crippen molar-refractivity contribution in [3.05, 3.63) is 12.7 Å². The molecule has 0 saturated heterocycles. The van der Waals surface area contributed by atoms with Crippen LogP contribution in [0.2, 0.25) is 0 Å². The molecule has 0 fully saturated rings. The molecule has 0 rings (SSSR count). The molecule has 0 aliphatic heterocycles. The largest absolute Gasteiger partial charge is 0.336 e. The molecule has 0 heterocycles. The lowest BCUT2D eigenvalue weighted by molar-refractivity contribution is -0.127. The topological polar surface area (TPSA) is 20.3 Å². The van der Waals surface area contributed by atoms with Gasteiger partial charge >= 0.3 is 0 Å². The molecule has 0 aliphatic rings. The van der Waals surface area contributed by atoms with Gasteiger partial charge < -0.3 is 4.90 Å². The zero-order valence-electron chi connectivity index (χ0n) is 7.71. The molecule has 0 aromatic heterocycles. The zero-order valence-corrected chi connectivity index (χ0v) is 7.71. The van der Waals surface area contributed by atoms with E-state index < -0.39 is 0 Å². The van der Waals surface area contributed by atoms with Crippen molar-refractivity contribution in [3.8, 4) is 12.3 Å². The number of terminal acetylenes is 1. The Labute approximate surface area is 74.3 Å². The molecule has 2 nitrogen and oxygen atoms in total. The number of carbonyl (C=O) groups excluding carboxylic acids is 1. The monoisotopic (exact) mass is 165 g/mol. The Kier molecular flexibility index (Phi) is 4.87. The molecule has 0 aliphatic carbocycles. The average molecular weight is 165 g/mol. The van der Waals surface area contributed by atoms with E-state index in [4.69, 9.17) is 6.42 Å². The quantitative estimate of drug-likeness (QED) is 0.456.